The van der Waals surface area contributed by atoms with Gasteiger partial charge in [-0.3, -0.25) is 14.4 Å². The number of likely N-dealkylation sites (tertiary alicyclic amines) is 1. The van der Waals surface area contributed by atoms with Crippen molar-refractivity contribution in [3.63, 3.8) is 0 Å². The van der Waals surface area contributed by atoms with Crippen molar-refractivity contribution in [2.45, 2.75) is 77.3 Å². The Kier molecular flexibility index (Phi) is 6.26. The molecule has 4 aliphatic carbocycles. The van der Waals surface area contributed by atoms with Crippen molar-refractivity contribution in [1.29, 1.82) is 0 Å². The first-order valence-corrected chi connectivity index (χ1v) is 11.8. The molecule has 0 aromatic heterocycles. The van der Waals surface area contributed by atoms with Crippen molar-refractivity contribution in [3.05, 3.63) is 0 Å². The minimum atomic E-state index is -0.599. The molecule has 1 heterocycles. The molecule has 8 nitrogen and oxygen atoms in total. The Morgan fingerprint density at radius 2 is 1.61 bits per heavy atom. The number of ether oxygens (including phenoxy) is 1. The summed E-state index contributed by atoms with van der Waals surface area (Å²) in [5.41, 5.74) is -0.279. The molecular weight excluding hydrogens is 398 g/mol. The first kappa shape index (κ1) is 22.1. The third-order valence-corrected chi connectivity index (χ3v) is 7.52. The van der Waals surface area contributed by atoms with Gasteiger partial charge in [0.15, 0.2) is 6.61 Å². The Morgan fingerprint density at radius 1 is 1.00 bits per heavy atom. The molecule has 5 fully saturated rings. The lowest BCUT2D eigenvalue weighted by Crippen LogP contribution is -2.56. The molecule has 1 saturated heterocycles. The SMILES string of the molecule is CC(C)NC(=O)CNC(=O)COC(=O)[C@@H]1CCCN1C(=O)C12CC3CC(CC(C3)C1)C2. The summed E-state index contributed by atoms with van der Waals surface area (Å²) in [4.78, 5) is 51.6. The quantitative estimate of drug-likeness (QED) is 0.590. The number of hydrogen-bond donors (Lipinski definition) is 2. The van der Waals surface area contributed by atoms with Crippen LogP contribution in [0, 0.1) is 23.2 Å². The molecule has 8 heteroatoms. The maximum absolute atomic E-state index is 13.6. The van der Waals surface area contributed by atoms with E-state index in [1.54, 1.807) is 4.90 Å². The standard InChI is InChI=1S/C23H35N3O5/c1-14(2)25-19(27)12-24-20(28)13-31-21(29)18-4-3-5-26(18)22(30)23-9-15-6-16(10-23)8-17(7-15)11-23/h14-18H,3-13H2,1-2H3,(H,24,28)(H,25,27)/t15?,16?,17?,18-,23?/m0/s1. The van der Waals surface area contributed by atoms with Gasteiger partial charge in [-0.1, -0.05) is 0 Å². The van der Waals surface area contributed by atoms with E-state index >= 15 is 0 Å². The molecule has 2 N–H and O–H groups in total. The summed E-state index contributed by atoms with van der Waals surface area (Å²) in [7, 11) is 0. The van der Waals surface area contributed by atoms with Gasteiger partial charge in [0.1, 0.15) is 6.04 Å². The van der Waals surface area contributed by atoms with E-state index in [2.05, 4.69) is 10.6 Å². The lowest BCUT2D eigenvalue weighted by Gasteiger charge is -2.56. The molecule has 5 aliphatic rings. The van der Waals surface area contributed by atoms with Gasteiger partial charge in [0.05, 0.1) is 12.0 Å². The number of carbonyl (C=O) groups excluding carboxylic acids is 4. The van der Waals surface area contributed by atoms with Crippen LogP contribution in [-0.2, 0) is 23.9 Å². The Morgan fingerprint density at radius 3 is 2.19 bits per heavy atom. The highest BCUT2D eigenvalue weighted by Gasteiger charge is 2.57. The smallest absolute Gasteiger partial charge is 0.329 e. The monoisotopic (exact) mass is 433 g/mol. The van der Waals surface area contributed by atoms with E-state index in [1.165, 1.54) is 19.3 Å². The molecule has 3 amide bonds. The van der Waals surface area contributed by atoms with E-state index in [0.29, 0.717) is 30.7 Å². The molecule has 1 aliphatic heterocycles. The van der Waals surface area contributed by atoms with Gasteiger partial charge in [0, 0.05) is 12.6 Å². The maximum atomic E-state index is 13.6. The molecule has 0 aromatic carbocycles. The zero-order valence-electron chi connectivity index (χ0n) is 18.7. The number of amides is 3. The third-order valence-electron chi connectivity index (χ3n) is 7.52. The zero-order valence-corrected chi connectivity index (χ0v) is 18.7. The number of carbonyl (C=O) groups is 4. The van der Waals surface area contributed by atoms with E-state index in [0.717, 1.165) is 25.7 Å². The van der Waals surface area contributed by atoms with Crippen LogP contribution in [0.5, 0.6) is 0 Å². The second-order valence-electron chi connectivity index (χ2n) is 10.5. The van der Waals surface area contributed by atoms with Gasteiger partial charge in [-0.25, -0.2) is 4.79 Å². The number of nitrogens with zero attached hydrogens (tertiary/aromatic N) is 1. The minimum absolute atomic E-state index is 0.0120. The van der Waals surface area contributed by atoms with E-state index in [1.807, 2.05) is 13.8 Å². The fourth-order valence-electron chi connectivity index (χ4n) is 6.77. The lowest BCUT2D eigenvalue weighted by atomic mass is 9.49. The van der Waals surface area contributed by atoms with Gasteiger partial charge >= 0.3 is 5.97 Å². The summed E-state index contributed by atoms with van der Waals surface area (Å²) < 4.78 is 5.22. The van der Waals surface area contributed by atoms with Crippen LogP contribution in [-0.4, -0.2) is 60.4 Å². The fourth-order valence-corrected chi connectivity index (χ4v) is 6.77. The van der Waals surface area contributed by atoms with E-state index < -0.39 is 24.5 Å². The largest absolute Gasteiger partial charge is 0.454 e. The van der Waals surface area contributed by atoms with Crippen molar-refractivity contribution in [3.8, 4) is 0 Å². The first-order chi connectivity index (χ1) is 14.8. The predicted molar refractivity (Wildman–Crippen MR) is 113 cm³/mol. The lowest BCUT2D eigenvalue weighted by molar-refractivity contribution is -0.166. The Labute approximate surface area is 183 Å². The van der Waals surface area contributed by atoms with Crippen LogP contribution in [0.1, 0.15) is 65.2 Å². The molecule has 0 aromatic rings. The highest BCUT2D eigenvalue weighted by Crippen LogP contribution is 2.60. The molecular formula is C23H35N3O5. The summed E-state index contributed by atoms with van der Waals surface area (Å²) in [5, 5.41) is 5.12. The molecule has 4 bridgehead atoms. The molecule has 31 heavy (non-hydrogen) atoms. The van der Waals surface area contributed by atoms with Crippen LogP contribution in [0.25, 0.3) is 0 Å². The van der Waals surface area contributed by atoms with Crippen molar-refractivity contribution in [2.75, 3.05) is 19.7 Å². The van der Waals surface area contributed by atoms with Crippen LogP contribution >= 0.6 is 0 Å². The van der Waals surface area contributed by atoms with Gasteiger partial charge < -0.3 is 20.3 Å². The summed E-state index contributed by atoms with van der Waals surface area (Å²) in [6.45, 7) is 3.65. The molecule has 172 valence electrons. The second kappa shape index (κ2) is 8.79. The predicted octanol–water partition coefficient (Wildman–Crippen LogP) is 1.38. The normalized spacial score (nSPS) is 33.5. The zero-order chi connectivity index (χ0) is 22.2. The van der Waals surface area contributed by atoms with Crippen molar-refractivity contribution in [1.82, 2.24) is 15.5 Å². The molecule has 4 saturated carbocycles. The highest BCUT2D eigenvalue weighted by atomic mass is 16.5. The average Bonchev–Trinajstić information content (AvgIpc) is 3.18. The Hall–Kier alpha value is -2.12. The number of esters is 1. The highest BCUT2D eigenvalue weighted by molar-refractivity contribution is 5.90. The van der Waals surface area contributed by atoms with Gasteiger partial charge in [0.25, 0.3) is 5.91 Å². The summed E-state index contributed by atoms with van der Waals surface area (Å²) in [6.07, 6.45) is 8.06. The fraction of sp³-hybridized carbons (Fsp3) is 0.826. The molecule has 0 radical (unpaired) electrons. The van der Waals surface area contributed by atoms with Crippen molar-refractivity contribution in [2.24, 2.45) is 23.2 Å². The topological polar surface area (TPSA) is 105 Å². The van der Waals surface area contributed by atoms with Gasteiger partial charge in [-0.15, -0.1) is 0 Å². The first-order valence-electron chi connectivity index (χ1n) is 11.8. The summed E-state index contributed by atoms with van der Waals surface area (Å²) >= 11 is 0. The number of nitrogens with one attached hydrogen (secondary N) is 2. The maximum Gasteiger partial charge on any atom is 0.329 e. The Bertz CT molecular complexity index is 714. The summed E-state index contributed by atoms with van der Waals surface area (Å²) in [6, 6.07) is -0.611. The average molecular weight is 434 g/mol. The van der Waals surface area contributed by atoms with E-state index in [-0.39, 0.29) is 29.8 Å². The molecule has 0 unspecified atom stereocenters. The van der Waals surface area contributed by atoms with Crippen LogP contribution in [0.3, 0.4) is 0 Å². The van der Waals surface area contributed by atoms with E-state index in [4.69, 9.17) is 4.74 Å². The van der Waals surface area contributed by atoms with Crippen LogP contribution in [0.4, 0.5) is 0 Å². The Balaban J connectivity index is 1.29. The van der Waals surface area contributed by atoms with Crippen LogP contribution in [0.15, 0.2) is 0 Å². The van der Waals surface area contributed by atoms with Gasteiger partial charge in [0.2, 0.25) is 11.8 Å². The van der Waals surface area contributed by atoms with Gasteiger partial charge in [-0.2, -0.15) is 0 Å². The number of hydrogen-bond acceptors (Lipinski definition) is 5. The number of rotatable bonds is 7. The third kappa shape index (κ3) is 4.72. The van der Waals surface area contributed by atoms with E-state index in [9.17, 15) is 19.2 Å². The molecule has 5 rings (SSSR count). The van der Waals surface area contributed by atoms with Crippen LogP contribution in [0.2, 0.25) is 0 Å². The molecule has 1 atom stereocenters. The van der Waals surface area contributed by atoms with Crippen molar-refractivity contribution >= 4 is 23.7 Å². The summed E-state index contributed by atoms with van der Waals surface area (Å²) in [5.74, 6) is 0.805. The minimum Gasteiger partial charge on any atom is -0.454 e. The molecule has 0 spiro atoms. The van der Waals surface area contributed by atoms with Gasteiger partial charge in [-0.05, 0) is 83.0 Å². The second-order valence-corrected chi connectivity index (χ2v) is 10.5. The van der Waals surface area contributed by atoms with Crippen LogP contribution < -0.4 is 10.6 Å². The van der Waals surface area contributed by atoms with Crippen molar-refractivity contribution < 1.29 is 23.9 Å².